The molecule has 0 aliphatic heterocycles. The van der Waals surface area contributed by atoms with Crippen LogP contribution in [0.2, 0.25) is 0 Å². The van der Waals surface area contributed by atoms with E-state index in [0.29, 0.717) is 12.1 Å². The second kappa shape index (κ2) is 8.68. The monoisotopic (exact) mass is 314 g/mol. The molecule has 2 N–H and O–H groups in total. The summed E-state index contributed by atoms with van der Waals surface area (Å²) >= 11 is 0. The summed E-state index contributed by atoms with van der Waals surface area (Å²) in [4.78, 5) is 23.4. The molecular weight excluding hydrogens is 295 g/mol. The molecule has 0 atom stereocenters. The van der Waals surface area contributed by atoms with Crippen molar-refractivity contribution in [1.29, 1.82) is 0 Å². The minimum Gasteiger partial charge on any atom is -0.354 e. The third-order valence-electron chi connectivity index (χ3n) is 3.28. The summed E-state index contributed by atoms with van der Waals surface area (Å²) < 4.78 is 13.0. The highest BCUT2D eigenvalue weighted by molar-refractivity contribution is 5.85. The van der Waals surface area contributed by atoms with Gasteiger partial charge in [0.1, 0.15) is 5.82 Å². The molecule has 120 valence electrons. The second-order valence-electron chi connectivity index (χ2n) is 5.17. The number of hydrogen-bond acceptors (Lipinski definition) is 2. The van der Waals surface area contributed by atoms with Gasteiger partial charge in [-0.1, -0.05) is 42.5 Å². The van der Waals surface area contributed by atoms with Crippen molar-refractivity contribution in [3.8, 4) is 0 Å². The number of carbonyl (C=O) groups excluding carboxylic acids is 2. The number of benzene rings is 2. The summed E-state index contributed by atoms with van der Waals surface area (Å²) in [6.45, 7) is 0.436. The number of carbonyl (C=O) groups is 2. The van der Waals surface area contributed by atoms with Crippen LogP contribution in [0.5, 0.6) is 0 Å². The van der Waals surface area contributed by atoms with E-state index in [1.165, 1.54) is 12.1 Å². The molecule has 0 spiro atoms. The fourth-order valence-electron chi connectivity index (χ4n) is 2.13. The maximum Gasteiger partial charge on any atom is 0.239 e. The first-order valence-corrected chi connectivity index (χ1v) is 7.45. The van der Waals surface area contributed by atoms with Gasteiger partial charge in [0.2, 0.25) is 11.8 Å². The summed E-state index contributed by atoms with van der Waals surface area (Å²) in [7, 11) is 0. The van der Waals surface area contributed by atoms with E-state index in [9.17, 15) is 14.0 Å². The van der Waals surface area contributed by atoms with E-state index in [1.54, 1.807) is 12.1 Å². The molecule has 0 aliphatic rings. The number of nitrogens with one attached hydrogen (secondary N) is 2. The Morgan fingerprint density at radius 3 is 2.35 bits per heavy atom. The van der Waals surface area contributed by atoms with Gasteiger partial charge in [-0.15, -0.1) is 0 Å². The molecule has 0 saturated heterocycles. The minimum absolute atomic E-state index is 0.0507. The van der Waals surface area contributed by atoms with E-state index in [0.717, 1.165) is 12.0 Å². The van der Waals surface area contributed by atoms with E-state index in [4.69, 9.17) is 0 Å². The Morgan fingerprint density at radius 2 is 1.61 bits per heavy atom. The Labute approximate surface area is 134 Å². The molecule has 2 rings (SSSR count). The lowest BCUT2D eigenvalue weighted by molar-refractivity contribution is -0.125. The zero-order valence-electron chi connectivity index (χ0n) is 12.7. The average Bonchev–Trinajstić information content (AvgIpc) is 2.54. The molecule has 0 radical (unpaired) electrons. The first-order valence-electron chi connectivity index (χ1n) is 7.45. The van der Waals surface area contributed by atoms with Crippen LogP contribution in [-0.2, 0) is 22.4 Å². The Balaban J connectivity index is 1.65. The highest BCUT2D eigenvalue weighted by atomic mass is 19.1. The molecule has 5 heteroatoms. The summed E-state index contributed by atoms with van der Waals surface area (Å²) in [5.74, 6) is -0.934. The van der Waals surface area contributed by atoms with Crippen LogP contribution < -0.4 is 10.6 Å². The summed E-state index contributed by atoms with van der Waals surface area (Å²) in [6, 6.07) is 15.7. The Kier molecular flexibility index (Phi) is 6.29. The van der Waals surface area contributed by atoms with Gasteiger partial charge in [-0.05, 0) is 29.7 Å². The van der Waals surface area contributed by atoms with Crippen molar-refractivity contribution in [3.05, 3.63) is 71.5 Å². The van der Waals surface area contributed by atoms with Crippen molar-refractivity contribution >= 4 is 11.8 Å². The maximum absolute atomic E-state index is 13.0. The van der Waals surface area contributed by atoms with Gasteiger partial charge in [0, 0.05) is 6.54 Å². The van der Waals surface area contributed by atoms with Crippen LogP contribution in [0, 0.1) is 5.82 Å². The quantitative estimate of drug-likeness (QED) is 0.819. The van der Waals surface area contributed by atoms with Crippen molar-refractivity contribution in [3.63, 3.8) is 0 Å². The fraction of sp³-hybridized carbons (Fsp3) is 0.222. The van der Waals surface area contributed by atoms with Gasteiger partial charge in [0.15, 0.2) is 0 Å². The Morgan fingerprint density at radius 1 is 0.870 bits per heavy atom. The molecular formula is C18H19FN2O2. The summed E-state index contributed by atoms with van der Waals surface area (Å²) in [5.41, 5.74) is 1.72. The van der Waals surface area contributed by atoms with Gasteiger partial charge >= 0.3 is 0 Å². The molecule has 0 aliphatic carbocycles. The standard InChI is InChI=1S/C18H19FN2O2/c19-16-8-4-7-15(11-16)12-17(22)21-13-18(23)20-10-9-14-5-2-1-3-6-14/h1-8,11H,9-10,12-13H2,(H,20,23)(H,21,22). The van der Waals surface area contributed by atoms with Crippen LogP contribution in [0.3, 0.4) is 0 Å². The van der Waals surface area contributed by atoms with Crippen LogP contribution in [0.1, 0.15) is 11.1 Å². The molecule has 0 fully saturated rings. The van der Waals surface area contributed by atoms with E-state index < -0.39 is 0 Å². The zero-order valence-corrected chi connectivity index (χ0v) is 12.7. The van der Waals surface area contributed by atoms with Crippen LogP contribution >= 0.6 is 0 Å². The minimum atomic E-state index is -0.381. The SMILES string of the molecule is O=C(CNC(=O)Cc1cccc(F)c1)NCCc1ccccc1. The van der Waals surface area contributed by atoms with Gasteiger partial charge in [0.25, 0.3) is 0 Å². The normalized spacial score (nSPS) is 10.1. The molecule has 23 heavy (non-hydrogen) atoms. The third-order valence-corrected chi connectivity index (χ3v) is 3.28. The van der Waals surface area contributed by atoms with Gasteiger partial charge in [-0.3, -0.25) is 9.59 Å². The van der Waals surface area contributed by atoms with Crippen molar-refractivity contribution in [2.24, 2.45) is 0 Å². The van der Waals surface area contributed by atoms with Gasteiger partial charge in [-0.25, -0.2) is 4.39 Å². The van der Waals surface area contributed by atoms with Crippen molar-refractivity contribution in [1.82, 2.24) is 10.6 Å². The van der Waals surface area contributed by atoms with Gasteiger partial charge < -0.3 is 10.6 Å². The highest BCUT2D eigenvalue weighted by Crippen LogP contribution is 2.04. The van der Waals surface area contributed by atoms with E-state index in [1.807, 2.05) is 30.3 Å². The predicted octanol–water partition coefficient (Wildman–Crippen LogP) is 1.84. The molecule has 2 aromatic carbocycles. The lowest BCUT2D eigenvalue weighted by atomic mass is 10.1. The predicted molar refractivity (Wildman–Crippen MR) is 86.3 cm³/mol. The molecule has 2 aromatic rings. The second-order valence-corrected chi connectivity index (χ2v) is 5.17. The van der Waals surface area contributed by atoms with Crippen LogP contribution in [-0.4, -0.2) is 24.9 Å². The summed E-state index contributed by atoms with van der Waals surface area (Å²) in [6.07, 6.45) is 0.791. The highest BCUT2D eigenvalue weighted by Gasteiger charge is 2.07. The largest absolute Gasteiger partial charge is 0.354 e. The van der Waals surface area contributed by atoms with Crippen molar-refractivity contribution in [2.45, 2.75) is 12.8 Å². The average molecular weight is 314 g/mol. The van der Waals surface area contributed by atoms with E-state index in [-0.39, 0.29) is 30.6 Å². The molecule has 0 heterocycles. The fourth-order valence-corrected chi connectivity index (χ4v) is 2.13. The molecule has 0 aromatic heterocycles. The number of amides is 2. The van der Waals surface area contributed by atoms with Crippen LogP contribution in [0.4, 0.5) is 4.39 Å². The summed E-state index contributed by atoms with van der Waals surface area (Å²) in [5, 5.41) is 5.27. The van der Waals surface area contributed by atoms with Gasteiger partial charge in [-0.2, -0.15) is 0 Å². The zero-order chi connectivity index (χ0) is 16.5. The smallest absolute Gasteiger partial charge is 0.239 e. The first kappa shape index (κ1) is 16.7. The van der Waals surface area contributed by atoms with Crippen LogP contribution in [0.25, 0.3) is 0 Å². The van der Waals surface area contributed by atoms with E-state index >= 15 is 0 Å². The maximum atomic E-state index is 13.0. The number of hydrogen-bond donors (Lipinski definition) is 2. The van der Waals surface area contributed by atoms with Crippen molar-refractivity contribution < 1.29 is 14.0 Å². The molecule has 4 nitrogen and oxygen atoms in total. The topological polar surface area (TPSA) is 58.2 Å². The lowest BCUT2D eigenvalue weighted by Gasteiger charge is -2.07. The van der Waals surface area contributed by atoms with E-state index in [2.05, 4.69) is 10.6 Å². The lowest BCUT2D eigenvalue weighted by Crippen LogP contribution is -2.38. The van der Waals surface area contributed by atoms with Gasteiger partial charge in [0.05, 0.1) is 13.0 Å². The Hall–Kier alpha value is -2.69. The number of rotatable bonds is 7. The molecule has 0 unspecified atom stereocenters. The molecule has 2 amide bonds. The molecule has 0 saturated carbocycles. The third kappa shape index (κ3) is 6.30. The molecule has 0 bridgehead atoms. The van der Waals surface area contributed by atoms with Crippen molar-refractivity contribution in [2.75, 3.05) is 13.1 Å². The first-order chi connectivity index (χ1) is 11.1. The van der Waals surface area contributed by atoms with Crippen LogP contribution in [0.15, 0.2) is 54.6 Å². The number of halogens is 1. The Bertz CT molecular complexity index is 659.